The van der Waals surface area contributed by atoms with Crippen molar-refractivity contribution in [2.24, 2.45) is 5.92 Å². The van der Waals surface area contributed by atoms with Crippen molar-refractivity contribution in [1.82, 2.24) is 20.5 Å². The number of nitrogens with zero attached hydrogens (tertiary/aromatic N) is 4. The quantitative estimate of drug-likeness (QED) is 0.711. The standard InChI is InChI=1S/C20H23N5O2S/c1-13-7-8-18(24-23-13)25-9-3-5-15(12-25)19(26)21-11-17-14(2)22-20(28-17)16-6-4-10-27-16/h4,6-8,10,15H,3,5,9,11-12H2,1-2H3,(H,21,26). The molecular weight excluding hydrogens is 374 g/mol. The second-order valence-corrected chi connectivity index (χ2v) is 8.12. The van der Waals surface area contributed by atoms with Gasteiger partial charge in [0.15, 0.2) is 16.6 Å². The predicted molar refractivity (Wildman–Crippen MR) is 108 cm³/mol. The summed E-state index contributed by atoms with van der Waals surface area (Å²) in [5.41, 5.74) is 1.82. The summed E-state index contributed by atoms with van der Waals surface area (Å²) in [6.07, 6.45) is 3.50. The third-order valence-electron chi connectivity index (χ3n) is 4.95. The molecule has 0 radical (unpaired) electrons. The largest absolute Gasteiger partial charge is 0.462 e. The fourth-order valence-corrected chi connectivity index (χ4v) is 4.34. The van der Waals surface area contributed by atoms with Crippen molar-refractivity contribution in [3.8, 4) is 10.8 Å². The van der Waals surface area contributed by atoms with Gasteiger partial charge in [0.05, 0.1) is 30.1 Å². The van der Waals surface area contributed by atoms with Crippen LogP contribution in [0.25, 0.3) is 10.8 Å². The second-order valence-electron chi connectivity index (χ2n) is 7.04. The number of carbonyl (C=O) groups is 1. The molecular formula is C20H23N5O2S. The smallest absolute Gasteiger partial charge is 0.225 e. The van der Waals surface area contributed by atoms with Gasteiger partial charge < -0.3 is 14.6 Å². The van der Waals surface area contributed by atoms with E-state index in [1.165, 1.54) is 0 Å². The number of thiazole rings is 1. The van der Waals surface area contributed by atoms with Crippen LogP contribution >= 0.6 is 11.3 Å². The Kier molecular flexibility index (Phi) is 5.38. The molecule has 1 aliphatic rings. The number of furan rings is 1. The first kappa shape index (κ1) is 18.6. The van der Waals surface area contributed by atoms with Crippen molar-refractivity contribution < 1.29 is 9.21 Å². The van der Waals surface area contributed by atoms with Gasteiger partial charge in [0.1, 0.15) is 0 Å². The highest BCUT2D eigenvalue weighted by molar-refractivity contribution is 7.15. The van der Waals surface area contributed by atoms with E-state index in [2.05, 4.69) is 25.4 Å². The van der Waals surface area contributed by atoms with Gasteiger partial charge in [-0.05, 0) is 51.0 Å². The van der Waals surface area contributed by atoms with E-state index in [0.717, 1.165) is 52.2 Å². The molecule has 3 aromatic rings. The molecule has 0 aliphatic carbocycles. The summed E-state index contributed by atoms with van der Waals surface area (Å²) in [6, 6.07) is 7.67. The van der Waals surface area contributed by atoms with Gasteiger partial charge in [0.2, 0.25) is 5.91 Å². The number of amides is 1. The normalized spacial score (nSPS) is 16.9. The molecule has 7 nitrogen and oxygen atoms in total. The Bertz CT molecular complexity index is 936. The molecule has 28 heavy (non-hydrogen) atoms. The zero-order valence-corrected chi connectivity index (χ0v) is 16.8. The molecule has 1 aliphatic heterocycles. The number of nitrogens with one attached hydrogen (secondary N) is 1. The highest BCUT2D eigenvalue weighted by Crippen LogP contribution is 2.28. The van der Waals surface area contributed by atoms with Crippen LogP contribution in [-0.2, 0) is 11.3 Å². The Hall–Kier alpha value is -2.74. The lowest BCUT2D eigenvalue weighted by molar-refractivity contribution is -0.125. The molecule has 8 heteroatoms. The van der Waals surface area contributed by atoms with Crippen LogP contribution in [0.4, 0.5) is 5.82 Å². The minimum atomic E-state index is -0.0466. The molecule has 4 heterocycles. The summed E-state index contributed by atoms with van der Waals surface area (Å²) in [5, 5.41) is 12.3. The molecule has 1 amide bonds. The molecule has 4 rings (SSSR count). The fourth-order valence-electron chi connectivity index (χ4n) is 3.37. The minimum absolute atomic E-state index is 0.0466. The monoisotopic (exact) mass is 397 g/mol. The Balaban J connectivity index is 1.36. The number of rotatable bonds is 5. The van der Waals surface area contributed by atoms with Gasteiger partial charge >= 0.3 is 0 Å². The van der Waals surface area contributed by atoms with Crippen molar-refractivity contribution in [1.29, 1.82) is 0 Å². The van der Waals surface area contributed by atoms with Crippen molar-refractivity contribution in [3.63, 3.8) is 0 Å². The number of aromatic nitrogens is 3. The SMILES string of the molecule is Cc1ccc(N2CCCC(C(=O)NCc3sc(-c4ccco4)nc3C)C2)nn1. The second kappa shape index (κ2) is 8.10. The molecule has 3 aromatic heterocycles. The van der Waals surface area contributed by atoms with E-state index in [1.807, 2.05) is 38.1 Å². The Labute approximate surface area is 167 Å². The summed E-state index contributed by atoms with van der Waals surface area (Å²) in [4.78, 5) is 20.5. The third-order valence-corrected chi connectivity index (χ3v) is 6.12. The van der Waals surface area contributed by atoms with Crippen LogP contribution in [-0.4, -0.2) is 34.2 Å². The highest BCUT2D eigenvalue weighted by Gasteiger charge is 2.27. The predicted octanol–water partition coefficient (Wildman–Crippen LogP) is 3.34. The minimum Gasteiger partial charge on any atom is -0.462 e. The first-order valence-electron chi connectivity index (χ1n) is 9.43. The van der Waals surface area contributed by atoms with Crippen LogP contribution < -0.4 is 10.2 Å². The zero-order chi connectivity index (χ0) is 19.5. The van der Waals surface area contributed by atoms with Crippen LogP contribution in [0.5, 0.6) is 0 Å². The van der Waals surface area contributed by atoms with E-state index in [9.17, 15) is 4.79 Å². The van der Waals surface area contributed by atoms with Crippen molar-refractivity contribution in [2.45, 2.75) is 33.2 Å². The number of carbonyl (C=O) groups excluding carboxylic acids is 1. The molecule has 0 aromatic carbocycles. The van der Waals surface area contributed by atoms with E-state index in [1.54, 1.807) is 17.6 Å². The lowest BCUT2D eigenvalue weighted by Crippen LogP contribution is -2.43. The Morgan fingerprint density at radius 3 is 2.96 bits per heavy atom. The van der Waals surface area contributed by atoms with Gasteiger partial charge in [0.25, 0.3) is 0 Å². The average Bonchev–Trinajstić information content (AvgIpc) is 3.36. The van der Waals surface area contributed by atoms with Gasteiger partial charge in [0, 0.05) is 18.0 Å². The number of hydrogen-bond acceptors (Lipinski definition) is 7. The van der Waals surface area contributed by atoms with Crippen molar-refractivity contribution in [2.75, 3.05) is 18.0 Å². The van der Waals surface area contributed by atoms with Crippen molar-refractivity contribution >= 4 is 23.1 Å². The van der Waals surface area contributed by atoms with Crippen LogP contribution in [0.1, 0.15) is 29.1 Å². The highest BCUT2D eigenvalue weighted by atomic mass is 32.1. The lowest BCUT2D eigenvalue weighted by atomic mass is 9.97. The summed E-state index contributed by atoms with van der Waals surface area (Å²) in [7, 11) is 0. The van der Waals surface area contributed by atoms with Gasteiger partial charge in [-0.2, -0.15) is 5.10 Å². The zero-order valence-electron chi connectivity index (χ0n) is 16.0. The van der Waals surface area contributed by atoms with Gasteiger partial charge in [-0.1, -0.05) is 0 Å². The number of piperidine rings is 1. The van der Waals surface area contributed by atoms with Crippen LogP contribution in [0.3, 0.4) is 0 Å². The molecule has 1 atom stereocenters. The maximum Gasteiger partial charge on any atom is 0.225 e. The summed E-state index contributed by atoms with van der Waals surface area (Å²) >= 11 is 1.56. The van der Waals surface area contributed by atoms with E-state index in [-0.39, 0.29) is 11.8 Å². The average molecular weight is 398 g/mol. The molecule has 0 saturated carbocycles. The number of hydrogen-bond donors (Lipinski definition) is 1. The van der Waals surface area contributed by atoms with E-state index >= 15 is 0 Å². The molecule has 0 bridgehead atoms. The molecule has 1 unspecified atom stereocenters. The van der Waals surface area contributed by atoms with E-state index in [0.29, 0.717) is 13.1 Å². The lowest BCUT2D eigenvalue weighted by Gasteiger charge is -2.32. The first-order chi connectivity index (χ1) is 13.6. The number of anilines is 1. The van der Waals surface area contributed by atoms with Gasteiger partial charge in [-0.15, -0.1) is 16.4 Å². The van der Waals surface area contributed by atoms with Crippen molar-refractivity contribution in [3.05, 3.63) is 46.8 Å². The molecule has 146 valence electrons. The summed E-state index contributed by atoms with van der Waals surface area (Å²) in [5.74, 6) is 1.63. The topological polar surface area (TPSA) is 84.2 Å². The first-order valence-corrected chi connectivity index (χ1v) is 10.2. The third kappa shape index (κ3) is 4.06. The Morgan fingerprint density at radius 1 is 1.32 bits per heavy atom. The van der Waals surface area contributed by atoms with Crippen LogP contribution in [0.2, 0.25) is 0 Å². The summed E-state index contributed by atoms with van der Waals surface area (Å²) < 4.78 is 5.41. The van der Waals surface area contributed by atoms with Crippen LogP contribution in [0, 0.1) is 19.8 Å². The Morgan fingerprint density at radius 2 is 2.21 bits per heavy atom. The summed E-state index contributed by atoms with van der Waals surface area (Å²) in [6.45, 7) is 5.94. The molecule has 1 fully saturated rings. The molecule has 1 N–H and O–H groups in total. The molecule has 0 spiro atoms. The maximum absolute atomic E-state index is 12.7. The molecule has 1 saturated heterocycles. The van der Waals surface area contributed by atoms with Crippen LogP contribution in [0.15, 0.2) is 34.9 Å². The van der Waals surface area contributed by atoms with Gasteiger partial charge in [-0.25, -0.2) is 4.98 Å². The number of aryl methyl sites for hydroxylation is 2. The van der Waals surface area contributed by atoms with Gasteiger partial charge in [-0.3, -0.25) is 4.79 Å². The fraction of sp³-hybridized carbons (Fsp3) is 0.400. The maximum atomic E-state index is 12.7. The van der Waals surface area contributed by atoms with E-state index in [4.69, 9.17) is 4.42 Å². The van der Waals surface area contributed by atoms with E-state index < -0.39 is 0 Å².